The zero-order valence-electron chi connectivity index (χ0n) is 10.9. The lowest BCUT2D eigenvalue weighted by atomic mass is 10.2. The number of anilines is 1. The molecule has 0 saturated heterocycles. The summed E-state index contributed by atoms with van der Waals surface area (Å²) in [4.78, 5) is 3.76. The molecular weight excluding hydrogens is 300 g/mol. The van der Waals surface area contributed by atoms with Gasteiger partial charge < -0.3 is 10.3 Å². The highest BCUT2D eigenvalue weighted by Crippen LogP contribution is 2.15. The molecular formula is C12H15ClN4O2S. The Hall–Kier alpha value is -1.57. The number of nitrogens with one attached hydrogen (secondary N) is 1. The molecule has 3 N–H and O–H groups in total. The van der Waals surface area contributed by atoms with Gasteiger partial charge in [-0.3, -0.25) is 0 Å². The third-order valence-electron chi connectivity index (χ3n) is 2.76. The highest BCUT2D eigenvalue weighted by Gasteiger charge is 2.21. The van der Waals surface area contributed by atoms with Gasteiger partial charge >= 0.3 is 0 Å². The van der Waals surface area contributed by atoms with Crippen molar-refractivity contribution in [1.29, 1.82) is 0 Å². The van der Waals surface area contributed by atoms with Crippen LogP contribution in [0.4, 0.5) is 5.82 Å². The number of nitrogen functional groups attached to an aromatic ring is 1. The van der Waals surface area contributed by atoms with E-state index < -0.39 is 10.0 Å². The molecule has 0 aliphatic carbocycles. The molecule has 0 unspecified atom stereocenters. The van der Waals surface area contributed by atoms with Gasteiger partial charge in [-0.25, -0.2) is 18.1 Å². The minimum atomic E-state index is -3.67. The molecule has 108 valence electrons. The lowest BCUT2D eigenvalue weighted by molar-refractivity contribution is 0.572. The van der Waals surface area contributed by atoms with Gasteiger partial charge in [-0.2, -0.15) is 0 Å². The van der Waals surface area contributed by atoms with Crippen LogP contribution in [0, 0.1) is 0 Å². The van der Waals surface area contributed by atoms with Gasteiger partial charge in [0.25, 0.3) is 10.0 Å². The minimum Gasteiger partial charge on any atom is -0.381 e. The van der Waals surface area contributed by atoms with Gasteiger partial charge in [0, 0.05) is 18.6 Å². The van der Waals surface area contributed by atoms with Crippen LogP contribution in [-0.2, 0) is 23.5 Å². The first-order valence-electron chi connectivity index (χ1n) is 5.91. The quantitative estimate of drug-likeness (QED) is 0.867. The van der Waals surface area contributed by atoms with Crippen molar-refractivity contribution < 1.29 is 8.42 Å². The molecule has 0 atom stereocenters. The van der Waals surface area contributed by atoms with Gasteiger partial charge in [0.1, 0.15) is 0 Å². The zero-order chi connectivity index (χ0) is 14.8. The van der Waals surface area contributed by atoms with Crippen molar-refractivity contribution >= 4 is 27.4 Å². The lowest BCUT2D eigenvalue weighted by Crippen LogP contribution is -2.28. The number of hydrogen-bond donors (Lipinski definition) is 2. The number of rotatable bonds is 5. The number of benzene rings is 1. The summed E-state index contributed by atoms with van der Waals surface area (Å²) in [7, 11) is -2.09. The summed E-state index contributed by atoms with van der Waals surface area (Å²) in [5.74, 6) is -0.0113. The number of nitrogens with two attached hydrogens (primary N) is 1. The Morgan fingerprint density at radius 3 is 2.80 bits per heavy atom. The zero-order valence-corrected chi connectivity index (χ0v) is 12.4. The number of imidazole rings is 1. The third-order valence-corrected chi connectivity index (χ3v) is 4.58. The molecule has 1 aromatic carbocycles. The number of halogens is 1. The fraction of sp³-hybridized carbons (Fsp3) is 0.250. The van der Waals surface area contributed by atoms with Gasteiger partial charge in [0.2, 0.25) is 0 Å². The number of hydrogen-bond acceptors (Lipinski definition) is 4. The molecule has 0 amide bonds. The summed E-state index contributed by atoms with van der Waals surface area (Å²) in [5, 5.41) is 0.602. The van der Waals surface area contributed by atoms with E-state index in [0.717, 1.165) is 5.56 Å². The highest BCUT2D eigenvalue weighted by molar-refractivity contribution is 7.89. The molecule has 0 aliphatic rings. The summed E-state index contributed by atoms with van der Waals surface area (Å²) in [6.45, 7) is 0.257. The fourth-order valence-electron chi connectivity index (χ4n) is 1.85. The van der Waals surface area contributed by atoms with E-state index in [0.29, 0.717) is 11.4 Å². The van der Waals surface area contributed by atoms with Crippen LogP contribution >= 0.6 is 11.6 Å². The van der Waals surface area contributed by atoms with E-state index in [4.69, 9.17) is 17.3 Å². The summed E-state index contributed by atoms with van der Waals surface area (Å²) in [6.07, 6.45) is 1.90. The van der Waals surface area contributed by atoms with Gasteiger partial charge in [0.05, 0.1) is 6.33 Å². The van der Waals surface area contributed by atoms with Gasteiger partial charge in [-0.1, -0.05) is 23.7 Å². The average Bonchev–Trinajstić information content (AvgIpc) is 2.69. The lowest BCUT2D eigenvalue weighted by Gasteiger charge is -2.08. The monoisotopic (exact) mass is 314 g/mol. The highest BCUT2D eigenvalue weighted by atomic mass is 35.5. The molecule has 20 heavy (non-hydrogen) atoms. The molecule has 2 rings (SSSR count). The Kier molecular flexibility index (Phi) is 4.32. The SMILES string of the molecule is Cn1cnc(N)c1S(=O)(=O)NCCc1cccc(Cl)c1. The molecule has 0 spiro atoms. The van der Waals surface area contributed by atoms with Crippen LogP contribution in [0.3, 0.4) is 0 Å². The van der Waals surface area contributed by atoms with E-state index in [-0.39, 0.29) is 17.4 Å². The minimum absolute atomic E-state index is 0.0113. The molecule has 1 heterocycles. The molecule has 0 bridgehead atoms. The van der Waals surface area contributed by atoms with Crippen molar-refractivity contribution in [2.24, 2.45) is 7.05 Å². The van der Waals surface area contributed by atoms with Gasteiger partial charge in [0.15, 0.2) is 10.8 Å². The van der Waals surface area contributed by atoms with E-state index in [2.05, 4.69) is 9.71 Å². The molecule has 2 aromatic rings. The largest absolute Gasteiger partial charge is 0.381 e. The summed E-state index contributed by atoms with van der Waals surface area (Å²) in [5.41, 5.74) is 6.52. The second kappa shape index (κ2) is 5.82. The van der Waals surface area contributed by atoms with Crippen LogP contribution in [-0.4, -0.2) is 24.5 Å². The summed E-state index contributed by atoms with van der Waals surface area (Å²) < 4.78 is 28.1. The molecule has 0 radical (unpaired) electrons. The Labute approximate surface area is 122 Å². The van der Waals surface area contributed by atoms with E-state index >= 15 is 0 Å². The number of nitrogens with zero attached hydrogens (tertiary/aromatic N) is 2. The van der Waals surface area contributed by atoms with Crippen LogP contribution in [0.25, 0.3) is 0 Å². The predicted molar refractivity (Wildman–Crippen MR) is 78.0 cm³/mol. The topological polar surface area (TPSA) is 90.0 Å². The van der Waals surface area contributed by atoms with Crippen LogP contribution in [0.5, 0.6) is 0 Å². The molecule has 1 aromatic heterocycles. The Bertz CT molecular complexity index is 692. The van der Waals surface area contributed by atoms with E-state index in [9.17, 15) is 8.42 Å². The molecule has 0 aliphatic heterocycles. The molecule has 6 nitrogen and oxygen atoms in total. The average molecular weight is 315 g/mol. The van der Waals surface area contributed by atoms with Gasteiger partial charge in [-0.05, 0) is 24.1 Å². The number of sulfonamides is 1. The first kappa shape index (κ1) is 14.8. The van der Waals surface area contributed by atoms with E-state index in [1.54, 1.807) is 19.2 Å². The van der Waals surface area contributed by atoms with Crippen LogP contribution < -0.4 is 10.5 Å². The molecule has 0 saturated carbocycles. The Balaban J connectivity index is 2.04. The van der Waals surface area contributed by atoms with Crippen molar-refractivity contribution in [2.75, 3.05) is 12.3 Å². The van der Waals surface area contributed by atoms with Crippen molar-refractivity contribution in [3.63, 3.8) is 0 Å². The van der Waals surface area contributed by atoms with Crippen molar-refractivity contribution in [3.8, 4) is 0 Å². The van der Waals surface area contributed by atoms with Crippen molar-refractivity contribution in [2.45, 2.75) is 11.4 Å². The van der Waals surface area contributed by atoms with E-state index in [1.807, 2.05) is 12.1 Å². The van der Waals surface area contributed by atoms with Crippen LogP contribution in [0.15, 0.2) is 35.6 Å². The van der Waals surface area contributed by atoms with Crippen LogP contribution in [0.1, 0.15) is 5.56 Å². The summed E-state index contributed by atoms with van der Waals surface area (Å²) in [6, 6.07) is 7.28. The maximum Gasteiger partial charge on any atom is 0.260 e. The number of aryl methyl sites for hydroxylation is 1. The maximum absolute atomic E-state index is 12.1. The first-order chi connectivity index (χ1) is 9.40. The maximum atomic E-state index is 12.1. The van der Waals surface area contributed by atoms with Gasteiger partial charge in [-0.15, -0.1) is 0 Å². The second-order valence-electron chi connectivity index (χ2n) is 4.32. The standard InChI is InChI=1S/C12H15ClN4O2S/c1-17-8-15-11(14)12(17)20(18,19)16-6-5-9-3-2-4-10(13)7-9/h2-4,7-8,16H,5-6,14H2,1H3. The predicted octanol–water partition coefficient (Wildman–Crippen LogP) is 1.18. The molecule has 8 heteroatoms. The van der Waals surface area contributed by atoms with Crippen molar-refractivity contribution in [1.82, 2.24) is 14.3 Å². The molecule has 0 fully saturated rings. The van der Waals surface area contributed by atoms with Crippen molar-refractivity contribution in [3.05, 3.63) is 41.2 Å². The normalized spacial score (nSPS) is 11.7. The van der Waals surface area contributed by atoms with Crippen LogP contribution in [0.2, 0.25) is 5.02 Å². The third kappa shape index (κ3) is 3.30. The Morgan fingerprint density at radius 1 is 1.45 bits per heavy atom. The number of aromatic nitrogens is 2. The summed E-state index contributed by atoms with van der Waals surface area (Å²) >= 11 is 5.87. The Morgan fingerprint density at radius 2 is 2.20 bits per heavy atom. The smallest absolute Gasteiger partial charge is 0.260 e. The van der Waals surface area contributed by atoms with E-state index in [1.165, 1.54) is 10.9 Å². The second-order valence-corrected chi connectivity index (χ2v) is 6.44. The fourth-order valence-corrected chi connectivity index (χ4v) is 3.33. The first-order valence-corrected chi connectivity index (χ1v) is 7.77.